The van der Waals surface area contributed by atoms with Crippen LogP contribution in [-0.4, -0.2) is 23.4 Å². The molecule has 1 amide bonds. The summed E-state index contributed by atoms with van der Waals surface area (Å²) in [5.74, 6) is -0.142. The van der Waals surface area contributed by atoms with Gasteiger partial charge in [-0.2, -0.15) is 0 Å². The predicted octanol–water partition coefficient (Wildman–Crippen LogP) is 1.02. The lowest BCUT2D eigenvalue weighted by Crippen LogP contribution is -2.38. The van der Waals surface area contributed by atoms with Gasteiger partial charge in [-0.1, -0.05) is 12.1 Å². The Morgan fingerprint density at radius 1 is 1.44 bits per heavy atom. The van der Waals surface area contributed by atoms with E-state index in [-0.39, 0.29) is 36.5 Å². The maximum absolute atomic E-state index is 11.5. The second-order valence-corrected chi connectivity index (χ2v) is 3.80. The molecular weight excluding hydrogens is 258 g/mol. The van der Waals surface area contributed by atoms with Crippen molar-refractivity contribution < 1.29 is 9.72 Å². The van der Waals surface area contributed by atoms with Gasteiger partial charge in [0.15, 0.2) is 0 Å². The standard InChI is InChI=1S/C11H15N3O3.ClH/c1-8(7-12)13-11(15)6-9-2-4-10(5-3-9)14(16)17;/h2-5,8H,6-7,12H2,1H3,(H,13,15);1H/t8-;/m1./s1. The lowest BCUT2D eigenvalue weighted by molar-refractivity contribution is -0.384. The van der Waals surface area contributed by atoms with E-state index in [9.17, 15) is 14.9 Å². The van der Waals surface area contributed by atoms with Crippen LogP contribution in [0.25, 0.3) is 0 Å². The number of carbonyl (C=O) groups excluding carboxylic acids is 1. The highest BCUT2D eigenvalue weighted by atomic mass is 35.5. The van der Waals surface area contributed by atoms with E-state index in [1.54, 1.807) is 12.1 Å². The van der Waals surface area contributed by atoms with E-state index in [1.807, 2.05) is 6.92 Å². The van der Waals surface area contributed by atoms with Crippen molar-refractivity contribution in [2.45, 2.75) is 19.4 Å². The van der Waals surface area contributed by atoms with Crippen LogP contribution in [0.15, 0.2) is 24.3 Å². The van der Waals surface area contributed by atoms with Gasteiger partial charge in [-0.25, -0.2) is 0 Å². The Labute approximate surface area is 111 Å². The van der Waals surface area contributed by atoms with E-state index in [0.29, 0.717) is 6.54 Å². The molecule has 0 aliphatic rings. The number of non-ortho nitro benzene ring substituents is 1. The van der Waals surface area contributed by atoms with Gasteiger partial charge in [-0.15, -0.1) is 12.4 Å². The van der Waals surface area contributed by atoms with Crippen molar-refractivity contribution >= 4 is 24.0 Å². The molecule has 1 aromatic rings. The number of nitrogens with two attached hydrogens (primary N) is 1. The molecule has 1 atom stereocenters. The number of benzene rings is 1. The van der Waals surface area contributed by atoms with E-state index in [2.05, 4.69) is 5.32 Å². The molecule has 6 nitrogen and oxygen atoms in total. The van der Waals surface area contributed by atoms with Crippen LogP contribution in [-0.2, 0) is 11.2 Å². The van der Waals surface area contributed by atoms with Gasteiger partial charge >= 0.3 is 0 Å². The zero-order valence-electron chi connectivity index (χ0n) is 9.96. The molecule has 7 heteroatoms. The summed E-state index contributed by atoms with van der Waals surface area (Å²) >= 11 is 0. The van der Waals surface area contributed by atoms with E-state index < -0.39 is 4.92 Å². The van der Waals surface area contributed by atoms with Gasteiger partial charge in [0.1, 0.15) is 0 Å². The average Bonchev–Trinajstić information content (AvgIpc) is 2.29. The summed E-state index contributed by atoms with van der Waals surface area (Å²) in [6.45, 7) is 2.19. The Morgan fingerprint density at radius 2 is 2.00 bits per heavy atom. The quantitative estimate of drug-likeness (QED) is 0.618. The number of nitrogens with one attached hydrogen (secondary N) is 1. The fraction of sp³-hybridized carbons (Fsp3) is 0.364. The molecule has 3 N–H and O–H groups in total. The summed E-state index contributed by atoms with van der Waals surface area (Å²) in [6, 6.07) is 5.85. The van der Waals surface area contributed by atoms with Gasteiger partial charge in [0.05, 0.1) is 11.3 Å². The van der Waals surface area contributed by atoms with Crippen molar-refractivity contribution in [3.63, 3.8) is 0 Å². The van der Waals surface area contributed by atoms with Crippen LogP contribution in [0.3, 0.4) is 0 Å². The van der Waals surface area contributed by atoms with Gasteiger partial charge in [0, 0.05) is 24.7 Å². The Bertz CT molecular complexity index is 408. The van der Waals surface area contributed by atoms with Crippen molar-refractivity contribution in [2.75, 3.05) is 6.54 Å². The first kappa shape index (κ1) is 16.3. The molecule has 0 heterocycles. The topological polar surface area (TPSA) is 98.3 Å². The molecule has 0 aromatic heterocycles. The van der Waals surface area contributed by atoms with Crippen molar-refractivity contribution in [3.05, 3.63) is 39.9 Å². The summed E-state index contributed by atoms with van der Waals surface area (Å²) in [7, 11) is 0. The smallest absolute Gasteiger partial charge is 0.269 e. The van der Waals surface area contributed by atoms with Crippen LogP contribution in [0, 0.1) is 10.1 Å². The summed E-state index contributed by atoms with van der Waals surface area (Å²) in [5.41, 5.74) is 6.13. The van der Waals surface area contributed by atoms with Crippen LogP contribution >= 0.6 is 12.4 Å². The Balaban J connectivity index is 0.00000289. The van der Waals surface area contributed by atoms with Gasteiger partial charge < -0.3 is 11.1 Å². The minimum atomic E-state index is -0.472. The number of halogens is 1. The molecule has 0 unspecified atom stereocenters. The third kappa shape index (κ3) is 5.11. The normalized spacial score (nSPS) is 11.2. The van der Waals surface area contributed by atoms with Crippen molar-refractivity contribution in [2.24, 2.45) is 5.73 Å². The molecular formula is C11H16ClN3O3. The first-order valence-corrected chi connectivity index (χ1v) is 5.25. The zero-order chi connectivity index (χ0) is 12.8. The molecule has 1 rings (SSSR count). The van der Waals surface area contributed by atoms with E-state index in [0.717, 1.165) is 5.56 Å². The molecule has 0 aliphatic heterocycles. The molecule has 0 spiro atoms. The Kier molecular flexibility index (Phi) is 6.92. The van der Waals surface area contributed by atoms with Gasteiger partial charge in [-0.3, -0.25) is 14.9 Å². The van der Waals surface area contributed by atoms with Gasteiger partial charge in [0.2, 0.25) is 5.91 Å². The number of hydrogen-bond acceptors (Lipinski definition) is 4. The van der Waals surface area contributed by atoms with Crippen LogP contribution in [0.5, 0.6) is 0 Å². The van der Waals surface area contributed by atoms with Crippen LogP contribution in [0.2, 0.25) is 0 Å². The maximum Gasteiger partial charge on any atom is 0.269 e. The van der Waals surface area contributed by atoms with E-state index in [4.69, 9.17) is 5.73 Å². The Hall–Kier alpha value is -1.66. The lowest BCUT2D eigenvalue weighted by Gasteiger charge is -2.10. The maximum atomic E-state index is 11.5. The molecule has 0 aliphatic carbocycles. The molecule has 100 valence electrons. The highest BCUT2D eigenvalue weighted by Crippen LogP contribution is 2.12. The lowest BCUT2D eigenvalue weighted by atomic mass is 10.1. The molecule has 0 saturated heterocycles. The number of nitro groups is 1. The second-order valence-electron chi connectivity index (χ2n) is 3.80. The summed E-state index contributed by atoms with van der Waals surface area (Å²) in [5, 5.41) is 13.1. The number of hydrogen-bond donors (Lipinski definition) is 2. The number of nitro benzene ring substituents is 1. The van der Waals surface area contributed by atoms with E-state index in [1.165, 1.54) is 12.1 Å². The number of rotatable bonds is 5. The molecule has 0 saturated carbocycles. The first-order valence-electron chi connectivity index (χ1n) is 5.25. The number of nitrogens with zero attached hydrogens (tertiary/aromatic N) is 1. The number of carbonyl (C=O) groups is 1. The van der Waals surface area contributed by atoms with Crippen LogP contribution in [0.4, 0.5) is 5.69 Å². The van der Waals surface area contributed by atoms with Crippen molar-refractivity contribution in [1.82, 2.24) is 5.32 Å². The molecule has 0 fully saturated rings. The minimum absolute atomic E-state index is 0. The third-order valence-electron chi connectivity index (χ3n) is 2.27. The fourth-order valence-electron chi connectivity index (χ4n) is 1.31. The molecule has 1 aromatic carbocycles. The van der Waals surface area contributed by atoms with Crippen molar-refractivity contribution in [1.29, 1.82) is 0 Å². The summed E-state index contributed by atoms with van der Waals surface area (Å²) in [4.78, 5) is 21.5. The SMILES string of the molecule is C[C@H](CN)NC(=O)Cc1ccc([N+](=O)[O-])cc1.Cl. The third-order valence-corrected chi connectivity index (χ3v) is 2.27. The second kappa shape index (κ2) is 7.62. The molecule has 18 heavy (non-hydrogen) atoms. The average molecular weight is 274 g/mol. The largest absolute Gasteiger partial charge is 0.352 e. The molecule has 0 radical (unpaired) electrons. The molecule has 0 bridgehead atoms. The highest BCUT2D eigenvalue weighted by Gasteiger charge is 2.08. The van der Waals surface area contributed by atoms with Crippen LogP contribution < -0.4 is 11.1 Å². The summed E-state index contributed by atoms with van der Waals surface area (Å²) in [6.07, 6.45) is 0.197. The zero-order valence-corrected chi connectivity index (χ0v) is 10.8. The highest BCUT2D eigenvalue weighted by molar-refractivity contribution is 5.85. The Morgan fingerprint density at radius 3 is 2.44 bits per heavy atom. The predicted molar refractivity (Wildman–Crippen MR) is 70.7 cm³/mol. The first-order chi connectivity index (χ1) is 8.02. The van der Waals surface area contributed by atoms with Gasteiger partial charge in [-0.05, 0) is 12.5 Å². The van der Waals surface area contributed by atoms with Gasteiger partial charge in [0.25, 0.3) is 5.69 Å². The fourth-order valence-corrected chi connectivity index (χ4v) is 1.31. The summed E-state index contributed by atoms with van der Waals surface area (Å²) < 4.78 is 0. The van der Waals surface area contributed by atoms with E-state index >= 15 is 0 Å². The monoisotopic (exact) mass is 273 g/mol. The minimum Gasteiger partial charge on any atom is -0.352 e. The van der Waals surface area contributed by atoms with Crippen molar-refractivity contribution in [3.8, 4) is 0 Å². The number of amides is 1. The van der Waals surface area contributed by atoms with Crippen LogP contribution in [0.1, 0.15) is 12.5 Å².